The first kappa shape index (κ1) is 22.3. The number of anilines is 1. The van der Waals surface area contributed by atoms with Crippen molar-refractivity contribution in [3.63, 3.8) is 0 Å². The molecular weight excluding hydrogens is 418 g/mol. The van der Waals surface area contributed by atoms with E-state index >= 15 is 0 Å². The minimum Gasteiger partial charge on any atom is -0.494 e. The highest BCUT2D eigenvalue weighted by molar-refractivity contribution is 7.89. The van der Waals surface area contributed by atoms with Crippen LogP contribution in [0.2, 0.25) is 0 Å². The number of carbonyl (C=O) groups is 1. The van der Waals surface area contributed by atoms with Crippen LogP contribution in [0.3, 0.4) is 0 Å². The maximum Gasteiger partial charge on any atom is 0.242 e. The normalized spacial score (nSPS) is 11.0. The minimum absolute atomic E-state index is 0.0448. The Morgan fingerprint density at radius 2 is 1.74 bits per heavy atom. The summed E-state index contributed by atoms with van der Waals surface area (Å²) in [5, 5.41) is 2.75. The van der Waals surface area contributed by atoms with E-state index in [2.05, 4.69) is 15.0 Å². The van der Waals surface area contributed by atoms with Crippen LogP contribution in [0.5, 0.6) is 17.2 Å². The van der Waals surface area contributed by atoms with Gasteiger partial charge in [-0.1, -0.05) is 12.1 Å². The number of sulfonamides is 1. The van der Waals surface area contributed by atoms with Crippen molar-refractivity contribution in [2.75, 3.05) is 18.5 Å². The maximum atomic E-state index is 12.3. The molecule has 0 aliphatic heterocycles. The zero-order chi connectivity index (χ0) is 22.1. The van der Waals surface area contributed by atoms with Crippen LogP contribution in [0.15, 0.2) is 78.0 Å². The van der Waals surface area contributed by atoms with Crippen molar-refractivity contribution in [1.82, 2.24) is 9.71 Å². The summed E-state index contributed by atoms with van der Waals surface area (Å²) >= 11 is 0. The molecule has 0 aliphatic rings. The summed E-state index contributed by atoms with van der Waals surface area (Å²) in [5.74, 6) is 1.45. The zero-order valence-corrected chi connectivity index (χ0v) is 17.8. The number of amides is 1. The molecule has 0 spiro atoms. The summed E-state index contributed by atoms with van der Waals surface area (Å²) in [5.41, 5.74) is 0.483. The predicted octanol–water partition coefficient (Wildman–Crippen LogP) is 3.58. The van der Waals surface area contributed by atoms with Gasteiger partial charge in [-0.05, 0) is 55.5 Å². The standard InChI is InChI=1S/C22H23N3O5S/c1-2-29-17-9-11-18(12-10-17)30-21-8-4-3-7-20(21)25-22(26)13-15-24-31(27,28)19-6-5-14-23-16-19/h3-12,14,16,24H,2,13,15H2,1H3,(H,25,26). The highest BCUT2D eigenvalue weighted by Crippen LogP contribution is 2.30. The SMILES string of the molecule is CCOc1ccc(Oc2ccccc2NC(=O)CCNS(=O)(=O)c2cccnc2)cc1. The summed E-state index contributed by atoms with van der Waals surface area (Å²) < 4.78 is 38.0. The molecule has 0 radical (unpaired) electrons. The van der Waals surface area contributed by atoms with Crippen molar-refractivity contribution in [1.29, 1.82) is 0 Å². The van der Waals surface area contributed by atoms with Gasteiger partial charge in [-0.15, -0.1) is 0 Å². The summed E-state index contributed by atoms with van der Waals surface area (Å²) in [7, 11) is -3.71. The summed E-state index contributed by atoms with van der Waals surface area (Å²) in [6.07, 6.45) is 2.69. The maximum absolute atomic E-state index is 12.3. The fraction of sp³-hybridized carbons (Fsp3) is 0.182. The van der Waals surface area contributed by atoms with Crippen molar-refractivity contribution < 1.29 is 22.7 Å². The molecule has 0 unspecified atom stereocenters. The van der Waals surface area contributed by atoms with Crippen LogP contribution in [-0.2, 0) is 14.8 Å². The van der Waals surface area contributed by atoms with E-state index in [1.807, 2.05) is 6.92 Å². The number of rotatable bonds is 10. The Morgan fingerprint density at radius 3 is 2.45 bits per heavy atom. The molecule has 1 heterocycles. The van der Waals surface area contributed by atoms with Crippen LogP contribution in [-0.4, -0.2) is 32.5 Å². The third-order valence-electron chi connectivity index (χ3n) is 4.11. The lowest BCUT2D eigenvalue weighted by molar-refractivity contribution is -0.116. The third-order valence-corrected chi connectivity index (χ3v) is 5.56. The van der Waals surface area contributed by atoms with E-state index in [4.69, 9.17) is 9.47 Å². The molecule has 0 saturated heterocycles. The Bertz CT molecular complexity index is 1100. The lowest BCUT2D eigenvalue weighted by Gasteiger charge is -2.13. The minimum atomic E-state index is -3.71. The highest BCUT2D eigenvalue weighted by Gasteiger charge is 2.15. The quantitative estimate of drug-likeness (QED) is 0.498. The van der Waals surface area contributed by atoms with Crippen LogP contribution in [0, 0.1) is 0 Å². The number of benzene rings is 2. The molecule has 1 amide bonds. The Hall–Kier alpha value is -3.43. The molecule has 3 aromatic rings. The predicted molar refractivity (Wildman–Crippen MR) is 117 cm³/mol. The Kier molecular flexibility index (Phi) is 7.58. The lowest BCUT2D eigenvalue weighted by Crippen LogP contribution is -2.28. The van der Waals surface area contributed by atoms with Crippen LogP contribution < -0.4 is 19.5 Å². The van der Waals surface area contributed by atoms with Gasteiger partial charge in [0.05, 0.1) is 12.3 Å². The molecular formula is C22H23N3O5S. The second-order valence-electron chi connectivity index (χ2n) is 6.39. The molecule has 0 bridgehead atoms. The molecule has 3 rings (SSSR count). The first-order valence-corrected chi connectivity index (χ1v) is 11.2. The van der Waals surface area contributed by atoms with Gasteiger partial charge in [-0.2, -0.15) is 0 Å². The van der Waals surface area contributed by atoms with Crippen molar-refractivity contribution in [2.24, 2.45) is 0 Å². The van der Waals surface area contributed by atoms with Crippen LogP contribution in [0.4, 0.5) is 5.69 Å². The van der Waals surface area contributed by atoms with Gasteiger partial charge < -0.3 is 14.8 Å². The molecule has 2 N–H and O–H groups in total. The molecule has 1 aromatic heterocycles. The number of hydrogen-bond donors (Lipinski definition) is 2. The topological polar surface area (TPSA) is 107 Å². The second-order valence-corrected chi connectivity index (χ2v) is 8.15. The number of para-hydroxylation sites is 2. The van der Waals surface area contributed by atoms with E-state index in [1.54, 1.807) is 48.5 Å². The van der Waals surface area contributed by atoms with Gasteiger partial charge >= 0.3 is 0 Å². The van der Waals surface area contributed by atoms with Gasteiger partial charge in [0, 0.05) is 25.4 Å². The summed E-state index contributed by atoms with van der Waals surface area (Å²) in [6.45, 7) is 2.44. The molecule has 31 heavy (non-hydrogen) atoms. The van der Waals surface area contributed by atoms with Gasteiger partial charge in [-0.25, -0.2) is 13.1 Å². The van der Waals surface area contributed by atoms with Crippen LogP contribution in [0.1, 0.15) is 13.3 Å². The Labute approximate surface area is 181 Å². The van der Waals surface area contributed by atoms with Crippen molar-refractivity contribution in [3.05, 3.63) is 73.1 Å². The zero-order valence-electron chi connectivity index (χ0n) is 16.9. The van der Waals surface area contributed by atoms with Gasteiger partial charge in [-0.3, -0.25) is 9.78 Å². The van der Waals surface area contributed by atoms with E-state index in [-0.39, 0.29) is 23.8 Å². The number of nitrogens with one attached hydrogen (secondary N) is 2. The number of carbonyl (C=O) groups excluding carboxylic acids is 1. The van der Waals surface area contributed by atoms with Crippen molar-refractivity contribution >= 4 is 21.6 Å². The largest absolute Gasteiger partial charge is 0.494 e. The number of hydrogen-bond acceptors (Lipinski definition) is 6. The molecule has 9 heteroatoms. The molecule has 0 fully saturated rings. The lowest BCUT2D eigenvalue weighted by atomic mass is 10.2. The fourth-order valence-electron chi connectivity index (χ4n) is 2.66. The summed E-state index contributed by atoms with van der Waals surface area (Å²) in [6, 6.07) is 17.1. The molecule has 0 saturated carbocycles. The van der Waals surface area contributed by atoms with Gasteiger partial charge in [0.2, 0.25) is 15.9 Å². The fourth-order valence-corrected chi connectivity index (χ4v) is 3.65. The number of aromatic nitrogens is 1. The van der Waals surface area contributed by atoms with Crippen LogP contribution >= 0.6 is 0 Å². The average molecular weight is 442 g/mol. The van der Waals surface area contributed by atoms with Gasteiger partial charge in [0.1, 0.15) is 16.4 Å². The third kappa shape index (κ3) is 6.53. The van der Waals surface area contributed by atoms with E-state index in [9.17, 15) is 13.2 Å². The average Bonchev–Trinajstić information content (AvgIpc) is 2.77. The van der Waals surface area contributed by atoms with Gasteiger partial charge in [0.25, 0.3) is 0 Å². The Balaban J connectivity index is 1.57. The molecule has 2 aromatic carbocycles. The van der Waals surface area contributed by atoms with Crippen molar-refractivity contribution in [3.8, 4) is 17.2 Å². The first-order valence-electron chi connectivity index (χ1n) is 9.67. The van der Waals surface area contributed by atoms with E-state index < -0.39 is 10.0 Å². The second kappa shape index (κ2) is 10.6. The van der Waals surface area contributed by atoms with E-state index in [0.717, 1.165) is 5.75 Å². The molecule has 8 nitrogen and oxygen atoms in total. The van der Waals surface area contributed by atoms with Crippen molar-refractivity contribution in [2.45, 2.75) is 18.2 Å². The summed E-state index contributed by atoms with van der Waals surface area (Å²) in [4.78, 5) is 16.2. The monoisotopic (exact) mass is 441 g/mol. The Morgan fingerprint density at radius 1 is 1.00 bits per heavy atom. The molecule has 162 valence electrons. The van der Waals surface area contributed by atoms with E-state index in [0.29, 0.717) is 23.8 Å². The van der Waals surface area contributed by atoms with Gasteiger partial charge in [0.15, 0.2) is 5.75 Å². The van der Waals surface area contributed by atoms with E-state index in [1.165, 1.54) is 24.5 Å². The number of pyridine rings is 1. The molecule has 0 atom stereocenters. The molecule has 0 aliphatic carbocycles. The number of ether oxygens (including phenoxy) is 2. The van der Waals surface area contributed by atoms with Crippen LogP contribution in [0.25, 0.3) is 0 Å². The smallest absolute Gasteiger partial charge is 0.242 e. The first-order chi connectivity index (χ1) is 15.0. The number of nitrogens with zero attached hydrogens (tertiary/aromatic N) is 1. The highest BCUT2D eigenvalue weighted by atomic mass is 32.2.